The number of hydrogen-bond donors (Lipinski definition) is 1. The SMILES string of the molecule is Cl.Cn1nnc(C2CCNC2)n1. The lowest BCUT2D eigenvalue weighted by Crippen LogP contribution is -2.09. The molecule has 5 nitrogen and oxygen atoms in total. The van der Waals surface area contributed by atoms with Gasteiger partial charge in [-0.15, -0.1) is 22.6 Å². The zero-order valence-corrected chi connectivity index (χ0v) is 7.71. The first kappa shape index (κ1) is 9.41. The van der Waals surface area contributed by atoms with Crippen LogP contribution in [0.15, 0.2) is 0 Å². The molecule has 1 saturated heterocycles. The van der Waals surface area contributed by atoms with Crippen LogP contribution < -0.4 is 5.32 Å². The first-order chi connectivity index (χ1) is 5.36. The minimum absolute atomic E-state index is 0. The van der Waals surface area contributed by atoms with Crippen LogP contribution >= 0.6 is 12.4 Å². The van der Waals surface area contributed by atoms with E-state index < -0.39 is 0 Å². The van der Waals surface area contributed by atoms with Crippen molar-refractivity contribution in [3.05, 3.63) is 5.82 Å². The largest absolute Gasteiger partial charge is 0.316 e. The molecule has 0 radical (unpaired) electrons. The third-order valence-electron chi connectivity index (χ3n) is 1.95. The fourth-order valence-electron chi connectivity index (χ4n) is 1.34. The Morgan fingerprint density at radius 1 is 1.58 bits per heavy atom. The van der Waals surface area contributed by atoms with Crippen molar-refractivity contribution in [2.45, 2.75) is 12.3 Å². The summed E-state index contributed by atoms with van der Waals surface area (Å²) in [5, 5.41) is 15.2. The van der Waals surface area contributed by atoms with Gasteiger partial charge in [0.15, 0.2) is 5.82 Å². The highest BCUT2D eigenvalue weighted by Gasteiger charge is 2.20. The van der Waals surface area contributed by atoms with Crippen LogP contribution in [-0.4, -0.2) is 33.3 Å². The summed E-state index contributed by atoms with van der Waals surface area (Å²) in [4.78, 5) is 1.51. The maximum absolute atomic E-state index is 4.15. The molecule has 2 rings (SSSR count). The summed E-state index contributed by atoms with van der Waals surface area (Å²) >= 11 is 0. The molecule has 1 fully saturated rings. The minimum Gasteiger partial charge on any atom is -0.316 e. The van der Waals surface area contributed by atoms with Crippen molar-refractivity contribution in [3.63, 3.8) is 0 Å². The van der Waals surface area contributed by atoms with E-state index >= 15 is 0 Å². The Bertz CT molecular complexity index is 242. The van der Waals surface area contributed by atoms with E-state index in [0.29, 0.717) is 5.92 Å². The highest BCUT2D eigenvalue weighted by Crippen LogP contribution is 2.16. The van der Waals surface area contributed by atoms with Crippen molar-refractivity contribution in [2.75, 3.05) is 13.1 Å². The topological polar surface area (TPSA) is 55.6 Å². The maximum Gasteiger partial charge on any atom is 0.179 e. The van der Waals surface area contributed by atoms with Crippen LogP contribution in [0.5, 0.6) is 0 Å². The molecule has 68 valence electrons. The zero-order valence-electron chi connectivity index (χ0n) is 6.90. The summed E-state index contributed by atoms with van der Waals surface area (Å²) in [6.07, 6.45) is 1.13. The molecule has 1 aromatic heterocycles. The van der Waals surface area contributed by atoms with E-state index in [-0.39, 0.29) is 12.4 Å². The molecule has 6 heteroatoms. The van der Waals surface area contributed by atoms with E-state index in [0.717, 1.165) is 25.3 Å². The molecular weight excluding hydrogens is 178 g/mol. The molecule has 1 aromatic rings. The van der Waals surface area contributed by atoms with Crippen LogP contribution in [0, 0.1) is 0 Å². The Hall–Kier alpha value is -0.680. The van der Waals surface area contributed by atoms with Crippen molar-refractivity contribution in [2.24, 2.45) is 7.05 Å². The third kappa shape index (κ3) is 1.73. The van der Waals surface area contributed by atoms with Gasteiger partial charge in [0, 0.05) is 12.5 Å². The predicted octanol–water partition coefficient (Wildman–Crippen LogP) is -0.291. The van der Waals surface area contributed by atoms with Crippen LogP contribution in [0.3, 0.4) is 0 Å². The third-order valence-corrected chi connectivity index (χ3v) is 1.95. The van der Waals surface area contributed by atoms with E-state index in [1.807, 2.05) is 0 Å². The fourth-order valence-corrected chi connectivity index (χ4v) is 1.34. The number of aromatic nitrogens is 4. The summed E-state index contributed by atoms with van der Waals surface area (Å²) in [5.74, 6) is 1.35. The summed E-state index contributed by atoms with van der Waals surface area (Å²) in [5.41, 5.74) is 0. The molecule has 1 unspecified atom stereocenters. The van der Waals surface area contributed by atoms with Crippen LogP contribution in [0.1, 0.15) is 18.2 Å². The lowest BCUT2D eigenvalue weighted by molar-refractivity contribution is 0.621. The van der Waals surface area contributed by atoms with Crippen LogP contribution in [0.2, 0.25) is 0 Å². The van der Waals surface area contributed by atoms with Crippen molar-refractivity contribution in [1.82, 2.24) is 25.5 Å². The first-order valence-corrected chi connectivity index (χ1v) is 3.81. The van der Waals surface area contributed by atoms with Gasteiger partial charge in [0.05, 0.1) is 7.05 Å². The number of halogens is 1. The predicted molar refractivity (Wildman–Crippen MR) is 46.3 cm³/mol. The second kappa shape index (κ2) is 3.82. The molecule has 0 bridgehead atoms. The Morgan fingerprint density at radius 3 is 2.92 bits per heavy atom. The van der Waals surface area contributed by atoms with E-state index in [9.17, 15) is 0 Å². The number of rotatable bonds is 1. The summed E-state index contributed by atoms with van der Waals surface area (Å²) < 4.78 is 0. The lowest BCUT2D eigenvalue weighted by atomic mass is 10.1. The summed E-state index contributed by atoms with van der Waals surface area (Å²) in [6, 6.07) is 0. The molecule has 1 N–H and O–H groups in total. The number of hydrogen-bond acceptors (Lipinski definition) is 4. The Kier molecular flexibility index (Phi) is 2.99. The van der Waals surface area contributed by atoms with Crippen LogP contribution in [-0.2, 0) is 7.05 Å². The highest BCUT2D eigenvalue weighted by molar-refractivity contribution is 5.85. The quantitative estimate of drug-likeness (QED) is 0.660. The van der Waals surface area contributed by atoms with Gasteiger partial charge in [0.1, 0.15) is 0 Å². The van der Waals surface area contributed by atoms with Crippen LogP contribution in [0.4, 0.5) is 0 Å². The molecule has 2 heterocycles. The van der Waals surface area contributed by atoms with Gasteiger partial charge in [-0.3, -0.25) is 0 Å². The second-order valence-electron chi connectivity index (χ2n) is 2.83. The number of aryl methyl sites for hydroxylation is 1. The summed E-state index contributed by atoms with van der Waals surface area (Å²) in [6.45, 7) is 2.06. The highest BCUT2D eigenvalue weighted by atomic mass is 35.5. The number of nitrogens with one attached hydrogen (secondary N) is 1. The van der Waals surface area contributed by atoms with Gasteiger partial charge in [-0.2, -0.15) is 4.80 Å². The minimum atomic E-state index is 0. The van der Waals surface area contributed by atoms with Crippen molar-refractivity contribution < 1.29 is 0 Å². The molecular formula is C6H12ClN5. The average molecular weight is 190 g/mol. The van der Waals surface area contributed by atoms with Gasteiger partial charge in [0.2, 0.25) is 0 Å². The average Bonchev–Trinajstić information content (AvgIpc) is 2.55. The van der Waals surface area contributed by atoms with E-state index in [1.165, 1.54) is 4.80 Å². The molecule has 1 atom stereocenters. The standard InChI is InChI=1S/C6H11N5.ClH/c1-11-9-6(8-10-11)5-2-3-7-4-5;/h5,7H,2-4H2,1H3;1H. The van der Waals surface area contributed by atoms with E-state index in [4.69, 9.17) is 0 Å². The maximum atomic E-state index is 4.15. The Balaban J connectivity index is 0.000000720. The number of nitrogens with zero attached hydrogens (tertiary/aromatic N) is 4. The first-order valence-electron chi connectivity index (χ1n) is 3.81. The molecule has 1 aliphatic rings. The van der Waals surface area contributed by atoms with Gasteiger partial charge in [-0.1, -0.05) is 0 Å². The van der Waals surface area contributed by atoms with Gasteiger partial charge < -0.3 is 5.32 Å². The second-order valence-corrected chi connectivity index (χ2v) is 2.83. The van der Waals surface area contributed by atoms with Gasteiger partial charge >= 0.3 is 0 Å². The Labute approximate surface area is 76.9 Å². The van der Waals surface area contributed by atoms with Crippen molar-refractivity contribution >= 4 is 12.4 Å². The fraction of sp³-hybridized carbons (Fsp3) is 0.833. The molecule has 0 spiro atoms. The molecule has 0 amide bonds. The molecule has 0 aliphatic carbocycles. The smallest absolute Gasteiger partial charge is 0.179 e. The molecule has 0 saturated carbocycles. The van der Waals surface area contributed by atoms with Crippen LogP contribution in [0.25, 0.3) is 0 Å². The van der Waals surface area contributed by atoms with Gasteiger partial charge in [-0.25, -0.2) is 0 Å². The molecule has 1 aliphatic heterocycles. The zero-order chi connectivity index (χ0) is 7.68. The monoisotopic (exact) mass is 189 g/mol. The number of tetrazole rings is 1. The Morgan fingerprint density at radius 2 is 2.42 bits per heavy atom. The molecule has 0 aromatic carbocycles. The van der Waals surface area contributed by atoms with Gasteiger partial charge in [-0.05, 0) is 18.2 Å². The lowest BCUT2D eigenvalue weighted by Gasteiger charge is -1.98. The summed E-state index contributed by atoms with van der Waals surface area (Å²) in [7, 11) is 1.79. The van der Waals surface area contributed by atoms with E-state index in [2.05, 4.69) is 20.7 Å². The van der Waals surface area contributed by atoms with Crippen molar-refractivity contribution in [1.29, 1.82) is 0 Å². The molecule has 12 heavy (non-hydrogen) atoms. The normalized spacial score (nSPS) is 22.2. The van der Waals surface area contributed by atoms with Crippen molar-refractivity contribution in [3.8, 4) is 0 Å². The van der Waals surface area contributed by atoms with Gasteiger partial charge in [0.25, 0.3) is 0 Å². The van der Waals surface area contributed by atoms with E-state index in [1.54, 1.807) is 7.05 Å².